The van der Waals surface area contributed by atoms with Crippen molar-refractivity contribution in [3.05, 3.63) is 109 Å². The first-order valence-corrected chi connectivity index (χ1v) is 28.4. The number of unbranched alkanes of at least 4 members (excludes halogenated alkanes) is 22. The molecule has 388 valence electrons. The number of carbonyl (C=O) groups excluding carboxylic acids is 2. The van der Waals surface area contributed by atoms with Crippen LogP contribution < -0.4 is 0 Å². The molecular formula is C63H106O5. The minimum atomic E-state index is -0.573. The Bertz CT molecular complexity index is 1340. The Balaban J connectivity index is 4.39. The first kappa shape index (κ1) is 64.6. The smallest absolute Gasteiger partial charge is 0.306 e. The second-order valence-electron chi connectivity index (χ2n) is 18.4. The highest BCUT2D eigenvalue weighted by atomic mass is 16.6. The average Bonchev–Trinajstić information content (AvgIpc) is 3.34. The van der Waals surface area contributed by atoms with Crippen molar-refractivity contribution in [1.29, 1.82) is 0 Å². The molecule has 0 aromatic rings. The van der Waals surface area contributed by atoms with Crippen LogP contribution in [0.1, 0.15) is 252 Å². The Morgan fingerprint density at radius 3 is 1.07 bits per heavy atom. The molecule has 0 N–H and O–H groups in total. The van der Waals surface area contributed by atoms with E-state index in [9.17, 15) is 9.59 Å². The number of hydrogen-bond donors (Lipinski definition) is 0. The molecule has 0 radical (unpaired) electrons. The molecule has 0 aliphatic carbocycles. The molecule has 0 spiro atoms. The van der Waals surface area contributed by atoms with E-state index in [1.165, 1.54) is 103 Å². The molecule has 0 fully saturated rings. The van der Waals surface area contributed by atoms with Gasteiger partial charge in [-0.25, -0.2) is 0 Å². The Morgan fingerprint density at radius 2 is 0.662 bits per heavy atom. The van der Waals surface area contributed by atoms with Gasteiger partial charge in [0, 0.05) is 19.4 Å². The lowest BCUT2D eigenvalue weighted by molar-refractivity contribution is -0.163. The summed E-state index contributed by atoms with van der Waals surface area (Å²) < 4.78 is 17.4. The summed E-state index contributed by atoms with van der Waals surface area (Å²) in [6.45, 7) is 7.49. The van der Waals surface area contributed by atoms with E-state index < -0.39 is 6.10 Å². The van der Waals surface area contributed by atoms with Crippen molar-refractivity contribution in [1.82, 2.24) is 0 Å². The zero-order valence-electron chi connectivity index (χ0n) is 44.6. The molecule has 0 aromatic heterocycles. The van der Waals surface area contributed by atoms with Crippen LogP contribution in [0.15, 0.2) is 109 Å². The first-order valence-electron chi connectivity index (χ1n) is 28.4. The maximum atomic E-state index is 12.9. The van der Waals surface area contributed by atoms with Gasteiger partial charge in [0.1, 0.15) is 6.61 Å². The number of esters is 2. The van der Waals surface area contributed by atoms with Gasteiger partial charge >= 0.3 is 11.9 Å². The molecule has 0 aromatic carbocycles. The predicted molar refractivity (Wildman–Crippen MR) is 297 cm³/mol. The maximum Gasteiger partial charge on any atom is 0.306 e. The molecule has 1 atom stereocenters. The standard InChI is InChI=1S/C63H106O5/c1-4-7-10-13-16-19-22-25-28-31-34-37-40-43-46-49-52-55-58-66-59-61(68-63(65)57-54-51-48-45-42-39-36-33-30-27-24-21-18-15-12-9-6-3)60-67-62(64)56-53-50-47-44-41-38-35-32-29-26-23-20-17-14-11-8-5-2/h7-8,10-11,16-17,19-20,25-30,34,37,43,46,61H,4-6,9,12-15,18,21-24,31-33,35-36,38-42,44-45,47-60H2,1-3H3/b10-7-,11-8-,19-16-,20-17-,28-25-,29-26-,30-27-,37-34-,46-43-. The summed E-state index contributed by atoms with van der Waals surface area (Å²) in [5.74, 6) is -0.439. The van der Waals surface area contributed by atoms with Crippen molar-refractivity contribution >= 4 is 11.9 Å². The van der Waals surface area contributed by atoms with Crippen molar-refractivity contribution < 1.29 is 23.8 Å². The average molecular weight is 944 g/mol. The van der Waals surface area contributed by atoms with Gasteiger partial charge in [-0.1, -0.05) is 226 Å². The van der Waals surface area contributed by atoms with Gasteiger partial charge in [0.05, 0.1) is 6.61 Å². The zero-order valence-corrected chi connectivity index (χ0v) is 44.6. The maximum absolute atomic E-state index is 12.9. The lowest BCUT2D eigenvalue weighted by atomic mass is 10.1. The van der Waals surface area contributed by atoms with Gasteiger partial charge in [0.15, 0.2) is 6.10 Å². The molecule has 0 saturated carbocycles. The van der Waals surface area contributed by atoms with E-state index in [0.717, 1.165) is 116 Å². The number of allylic oxidation sites excluding steroid dienone is 18. The van der Waals surface area contributed by atoms with Crippen molar-refractivity contribution in [2.24, 2.45) is 0 Å². The van der Waals surface area contributed by atoms with E-state index >= 15 is 0 Å². The molecule has 0 aliphatic rings. The third-order valence-electron chi connectivity index (χ3n) is 11.8. The largest absolute Gasteiger partial charge is 0.462 e. The zero-order chi connectivity index (χ0) is 49.2. The summed E-state index contributed by atoms with van der Waals surface area (Å²) in [6.07, 6.45) is 79.7. The lowest BCUT2D eigenvalue weighted by Crippen LogP contribution is -2.30. The molecule has 0 rings (SSSR count). The minimum Gasteiger partial charge on any atom is -0.462 e. The Kier molecular flexibility index (Phi) is 54.9. The third kappa shape index (κ3) is 55.2. The summed E-state index contributed by atoms with van der Waals surface area (Å²) in [7, 11) is 0. The second kappa shape index (κ2) is 57.9. The molecular weight excluding hydrogens is 837 g/mol. The van der Waals surface area contributed by atoms with E-state index in [1.807, 2.05) is 0 Å². The van der Waals surface area contributed by atoms with Crippen molar-refractivity contribution in [2.75, 3.05) is 19.8 Å². The van der Waals surface area contributed by atoms with Crippen LogP contribution >= 0.6 is 0 Å². The highest BCUT2D eigenvalue weighted by molar-refractivity contribution is 5.70. The summed E-state index contributed by atoms with van der Waals surface area (Å²) in [6, 6.07) is 0. The van der Waals surface area contributed by atoms with Gasteiger partial charge < -0.3 is 14.2 Å². The van der Waals surface area contributed by atoms with Crippen molar-refractivity contribution in [3.8, 4) is 0 Å². The number of rotatable bonds is 51. The monoisotopic (exact) mass is 943 g/mol. The second-order valence-corrected chi connectivity index (χ2v) is 18.4. The highest BCUT2D eigenvalue weighted by Gasteiger charge is 2.17. The van der Waals surface area contributed by atoms with E-state index in [0.29, 0.717) is 19.4 Å². The van der Waals surface area contributed by atoms with E-state index in [-0.39, 0.29) is 25.2 Å². The first-order chi connectivity index (χ1) is 33.6. The summed E-state index contributed by atoms with van der Waals surface area (Å²) in [5.41, 5.74) is 0. The minimum absolute atomic E-state index is 0.0554. The van der Waals surface area contributed by atoms with E-state index in [4.69, 9.17) is 14.2 Å². The summed E-state index contributed by atoms with van der Waals surface area (Å²) in [4.78, 5) is 25.5. The van der Waals surface area contributed by atoms with Gasteiger partial charge in [-0.2, -0.15) is 0 Å². The fourth-order valence-corrected chi connectivity index (χ4v) is 7.60. The quantitative estimate of drug-likeness (QED) is 0.0345. The Hall–Kier alpha value is -3.44. The summed E-state index contributed by atoms with van der Waals surface area (Å²) >= 11 is 0. The fraction of sp³-hybridized carbons (Fsp3) is 0.683. The molecule has 0 saturated heterocycles. The van der Waals surface area contributed by atoms with Crippen LogP contribution in [0.2, 0.25) is 0 Å². The molecule has 5 nitrogen and oxygen atoms in total. The molecule has 5 heteroatoms. The van der Waals surface area contributed by atoms with Crippen LogP contribution in [-0.2, 0) is 23.8 Å². The highest BCUT2D eigenvalue weighted by Crippen LogP contribution is 2.14. The van der Waals surface area contributed by atoms with E-state index in [2.05, 4.69) is 130 Å². The van der Waals surface area contributed by atoms with Gasteiger partial charge in [-0.15, -0.1) is 0 Å². The molecule has 0 heterocycles. The van der Waals surface area contributed by atoms with Crippen LogP contribution in [0.4, 0.5) is 0 Å². The van der Waals surface area contributed by atoms with Crippen molar-refractivity contribution in [2.45, 2.75) is 258 Å². The Morgan fingerprint density at radius 1 is 0.338 bits per heavy atom. The number of hydrogen-bond acceptors (Lipinski definition) is 5. The van der Waals surface area contributed by atoms with Crippen LogP contribution in [0, 0.1) is 0 Å². The van der Waals surface area contributed by atoms with Crippen LogP contribution in [-0.4, -0.2) is 37.9 Å². The molecule has 0 amide bonds. The molecule has 1 unspecified atom stereocenters. The van der Waals surface area contributed by atoms with Gasteiger partial charge in [-0.3, -0.25) is 9.59 Å². The fourth-order valence-electron chi connectivity index (χ4n) is 7.60. The van der Waals surface area contributed by atoms with E-state index in [1.54, 1.807) is 0 Å². The van der Waals surface area contributed by atoms with Gasteiger partial charge in [0.2, 0.25) is 0 Å². The van der Waals surface area contributed by atoms with Crippen molar-refractivity contribution in [3.63, 3.8) is 0 Å². The third-order valence-corrected chi connectivity index (χ3v) is 11.8. The topological polar surface area (TPSA) is 61.8 Å². The number of ether oxygens (including phenoxy) is 3. The molecule has 0 aliphatic heterocycles. The number of carbonyl (C=O) groups is 2. The van der Waals surface area contributed by atoms with Gasteiger partial charge in [-0.05, 0) is 122 Å². The van der Waals surface area contributed by atoms with Gasteiger partial charge in [0.25, 0.3) is 0 Å². The molecule has 68 heavy (non-hydrogen) atoms. The van der Waals surface area contributed by atoms with Crippen LogP contribution in [0.5, 0.6) is 0 Å². The van der Waals surface area contributed by atoms with Crippen LogP contribution in [0.3, 0.4) is 0 Å². The lowest BCUT2D eigenvalue weighted by Gasteiger charge is -2.18. The van der Waals surface area contributed by atoms with Crippen LogP contribution in [0.25, 0.3) is 0 Å². The normalized spacial score (nSPS) is 13.0. The Labute approximate surface area is 421 Å². The predicted octanol–water partition coefficient (Wildman–Crippen LogP) is 19.6. The summed E-state index contributed by atoms with van der Waals surface area (Å²) in [5, 5.41) is 0. The SMILES string of the molecule is CC/C=C\C/C=C\C/C=C\C/C=C\C/C=C\CCCCOCC(COC(=O)CCCCCCCCC/C=C\C/C=C\C/C=C\CC)OC(=O)CCCCCCCCC/C=C\CCCCCCCC. The molecule has 0 bridgehead atoms.